The van der Waals surface area contributed by atoms with E-state index >= 15 is 0 Å². The Hall–Kier alpha value is -2.92. The normalized spacial score (nSPS) is 22.8. The molecule has 1 amide bonds. The van der Waals surface area contributed by atoms with Gasteiger partial charge in [-0.05, 0) is 42.8 Å². The van der Waals surface area contributed by atoms with E-state index in [1.165, 1.54) is 6.20 Å². The van der Waals surface area contributed by atoms with Crippen LogP contribution in [0.2, 0.25) is 0 Å². The number of hydrogen-bond acceptors (Lipinski definition) is 4. The lowest BCUT2D eigenvalue weighted by Crippen LogP contribution is -2.41. The van der Waals surface area contributed by atoms with Crippen LogP contribution in [-0.2, 0) is 4.79 Å². The van der Waals surface area contributed by atoms with Crippen LogP contribution in [0.3, 0.4) is 0 Å². The Kier molecular flexibility index (Phi) is 5.50. The summed E-state index contributed by atoms with van der Waals surface area (Å²) in [6.07, 6.45) is 11.7. The van der Waals surface area contributed by atoms with Crippen LogP contribution in [0.4, 0.5) is 0 Å². The van der Waals surface area contributed by atoms with E-state index in [4.69, 9.17) is 17.4 Å². The van der Waals surface area contributed by atoms with Gasteiger partial charge in [0, 0.05) is 30.4 Å². The summed E-state index contributed by atoms with van der Waals surface area (Å²) in [7, 11) is 0. The first kappa shape index (κ1) is 17.4. The molecule has 1 aromatic carbocycles. The van der Waals surface area contributed by atoms with Crippen LogP contribution >= 0.6 is 0 Å². The van der Waals surface area contributed by atoms with Crippen LogP contribution in [0.1, 0.15) is 25.8 Å². The average molecular weight is 322 g/mol. The van der Waals surface area contributed by atoms with Crippen molar-refractivity contribution in [1.29, 1.82) is 5.26 Å². The van der Waals surface area contributed by atoms with Crippen molar-refractivity contribution in [2.24, 2.45) is 11.7 Å². The second-order valence-corrected chi connectivity index (χ2v) is 6.05. The molecule has 1 heterocycles. The Morgan fingerprint density at radius 1 is 1.54 bits per heavy atom. The number of hydrogen-bond donors (Lipinski definition) is 2. The van der Waals surface area contributed by atoms with E-state index < -0.39 is 0 Å². The molecule has 1 aromatic rings. The molecule has 1 aliphatic rings. The Balaban J connectivity index is 2.17. The highest BCUT2D eigenvalue weighted by atomic mass is 16.2. The average Bonchev–Trinajstić information content (AvgIpc) is 2.95. The van der Waals surface area contributed by atoms with Crippen molar-refractivity contribution in [3.63, 3.8) is 0 Å². The fourth-order valence-electron chi connectivity index (χ4n) is 3.03. The predicted octanol–water partition coefficient (Wildman–Crippen LogP) is -0.159. The molecule has 5 heteroatoms. The molecule has 24 heavy (non-hydrogen) atoms. The van der Waals surface area contributed by atoms with Crippen molar-refractivity contribution in [3.05, 3.63) is 34.2 Å². The Morgan fingerprint density at radius 2 is 2.29 bits per heavy atom. The monoisotopic (exact) mass is 322 g/mol. The molecule has 0 saturated carbocycles. The molecule has 0 radical (unpaired) electrons. The van der Waals surface area contributed by atoms with Crippen LogP contribution in [0.5, 0.6) is 0 Å². The highest BCUT2D eigenvalue weighted by Crippen LogP contribution is 2.23. The molecule has 5 nitrogen and oxygen atoms in total. The third-order valence-corrected chi connectivity index (χ3v) is 4.45. The zero-order valence-corrected chi connectivity index (χ0v) is 14.0. The molecule has 3 atom stereocenters. The molecule has 0 aromatic heterocycles. The summed E-state index contributed by atoms with van der Waals surface area (Å²) in [6, 6.07) is 5.32. The van der Waals surface area contributed by atoms with E-state index in [1.807, 2.05) is 38.1 Å². The van der Waals surface area contributed by atoms with Crippen LogP contribution in [-0.4, -0.2) is 29.4 Å². The summed E-state index contributed by atoms with van der Waals surface area (Å²) in [5.74, 6) is 2.40. The number of nitrogens with zero attached hydrogens (tertiary/aromatic N) is 2. The summed E-state index contributed by atoms with van der Waals surface area (Å²) in [5, 5.41) is 13.8. The third-order valence-electron chi connectivity index (χ3n) is 4.45. The van der Waals surface area contributed by atoms with Gasteiger partial charge in [-0.1, -0.05) is 18.1 Å². The van der Waals surface area contributed by atoms with Gasteiger partial charge in [0.25, 0.3) is 0 Å². The third kappa shape index (κ3) is 3.70. The van der Waals surface area contributed by atoms with Gasteiger partial charge in [-0.15, -0.1) is 6.42 Å². The van der Waals surface area contributed by atoms with E-state index in [9.17, 15) is 4.79 Å². The molecule has 0 aliphatic carbocycles. The minimum absolute atomic E-state index is 0.0321. The summed E-state index contributed by atoms with van der Waals surface area (Å²) < 4.78 is 0. The molecule has 0 spiro atoms. The number of terminal acetylenes is 1. The maximum absolute atomic E-state index is 12.5. The minimum atomic E-state index is -0.174. The van der Waals surface area contributed by atoms with Crippen LogP contribution in [0.15, 0.2) is 18.2 Å². The summed E-state index contributed by atoms with van der Waals surface area (Å²) >= 11 is 0. The molecule has 1 aliphatic heterocycles. The van der Waals surface area contributed by atoms with E-state index in [-0.39, 0.29) is 23.9 Å². The number of benzene rings is 1. The zero-order chi connectivity index (χ0) is 17.7. The van der Waals surface area contributed by atoms with Gasteiger partial charge >= 0.3 is 0 Å². The van der Waals surface area contributed by atoms with Crippen LogP contribution in [0, 0.1) is 29.7 Å². The SMILES string of the molecule is C#Cc1ccc(=C/N)/c(=C\C(C)NC(=O)[C@H]2CCN(C#N)[C@H]2C)c1. The summed E-state index contributed by atoms with van der Waals surface area (Å²) in [5.41, 5.74) is 6.41. The standard InChI is InChI=1S/C19H22N4O/c1-4-15-5-6-16(11-20)17(10-15)9-13(2)22-19(24)18-7-8-23(12-21)14(18)3/h1,5-6,9-11,13-14,18H,7-8,20H2,2-3H3,(H,22,24)/b16-11-,17-9-/t13?,14-,18-/m0/s1. The second-order valence-electron chi connectivity index (χ2n) is 6.05. The van der Waals surface area contributed by atoms with Gasteiger partial charge in [-0.3, -0.25) is 4.79 Å². The second kappa shape index (κ2) is 7.57. The quantitative estimate of drug-likeness (QED) is 0.598. The first-order chi connectivity index (χ1) is 11.5. The lowest BCUT2D eigenvalue weighted by atomic mass is 10.0. The zero-order valence-electron chi connectivity index (χ0n) is 14.0. The summed E-state index contributed by atoms with van der Waals surface area (Å²) in [6.45, 7) is 4.44. The Morgan fingerprint density at radius 3 is 2.88 bits per heavy atom. The van der Waals surface area contributed by atoms with E-state index in [0.717, 1.165) is 16.0 Å². The van der Waals surface area contributed by atoms with E-state index in [0.29, 0.717) is 13.0 Å². The van der Waals surface area contributed by atoms with Gasteiger partial charge in [0.15, 0.2) is 6.19 Å². The molecule has 1 fully saturated rings. The highest BCUT2D eigenvalue weighted by Gasteiger charge is 2.35. The Labute approximate surface area is 142 Å². The molecule has 1 saturated heterocycles. The summed E-state index contributed by atoms with van der Waals surface area (Å²) in [4.78, 5) is 14.1. The molecule has 0 bridgehead atoms. The fraction of sp³-hybridized carbons (Fsp3) is 0.368. The first-order valence-electron chi connectivity index (χ1n) is 7.97. The van der Waals surface area contributed by atoms with Crippen LogP contribution < -0.4 is 21.5 Å². The molecule has 124 valence electrons. The highest BCUT2D eigenvalue weighted by molar-refractivity contribution is 5.80. The van der Waals surface area contributed by atoms with Gasteiger partial charge in [0.1, 0.15) is 0 Å². The smallest absolute Gasteiger partial charge is 0.225 e. The minimum Gasteiger partial charge on any atom is -0.404 e. The lowest BCUT2D eigenvalue weighted by Gasteiger charge is -2.20. The van der Waals surface area contributed by atoms with Gasteiger partial charge in [-0.2, -0.15) is 5.26 Å². The lowest BCUT2D eigenvalue weighted by molar-refractivity contribution is -0.125. The predicted molar refractivity (Wildman–Crippen MR) is 94.2 cm³/mol. The number of nitrogens with one attached hydrogen (secondary N) is 1. The molecule has 3 N–H and O–H groups in total. The van der Waals surface area contributed by atoms with Gasteiger partial charge in [0.2, 0.25) is 5.91 Å². The maximum atomic E-state index is 12.5. The topological polar surface area (TPSA) is 82.2 Å². The van der Waals surface area contributed by atoms with Crippen LogP contribution in [0.25, 0.3) is 12.3 Å². The van der Waals surface area contributed by atoms with Gasteiger partial charge in [0.05, 0.1) is 5.92 Å². The number of likely N-dealkylation sites (tertiary alicyclic amines) is 1. The number of nitriles is 1. The Bertz CT molecular complexity index is 815. The van der Waals surface area contributed by atoms with E-state index in [1.54, 1.807) is 4.90 Å². The van der Waals surface area contributed by atoms with Gasteiger partial charge < -0.3 is 16.0 Å². The number of amides is 1. The van der Waals surface area contributed by atoms with Crippen molar-refractivity contribution >= 4 is 18.2 Å². The number of nitrogens with two attached hydrogens (primary N) is 1. The maximum Gasteiger partial charge on any atom is 0.225 e. The van der Waals surface area contributed by atoms with Crippen molar-refractivity contribution in [2.75, 3.05) is 6.54 Å². The largest absolute Gasteiger partial charge is 0.404 e. The van der Waals surface area contributed by atoms with E-state index in [2.05, 4.69) is 17.4 Å². The molecular formula is C19H22N4O. The number of carbonyl (C=O) groups excluding carboxylic acids is 1. The van der Waals surface area contributed by atoms with Crippen molar-refractivity contribution in [1.82, 2.24) is 10.2 Å². The fourth-order valence-corrected chi connectivity index (χ4v) is 3.03. The number of carbonyl (C=O) groups is 1. The van der Waals surface area contributed by atoms with Crippen molar-refractivity contribution < 1.29 is 4.79 Å². The van der Waals surface area contributed by atoms with Gasteiger partial charge in [-0.25, -0.2) is 0 Å². The van der Waals surface area contributed by atoms with Crippen molar-refractivity contribution in [2.45, 2.75) is 32.4 Å². The molecular weight excluding hydrogens is 300 g/mol. The first-order valence-corrected chi connectivity index (χ1v) is 7.97. The molecule has 1 unspecified atom stereocenters. The molecule has 2 rings (SSSR count). The van der Waals surface area contributed by atoms with Crippen molar-refractivity contribution in [3.8, 4) is 18.5 Å². The number of rotatable bonds is 3.